The number of hydrogen-bond acceptors (Lipinski definition) is 2. The van der Waals surface area contributed by atoms with E-state index in [1.807, 2.05) is 0 Å². The molecular weight excluding hydrogens is 220 g/mol. The quantitative estimate of drug-likeness (QED) is 0.810. The van der Waals surface area contributed by atoms with Crippen LogP contribution in [0.5, 0.6) is 0 Å². The second-order valence-electron chi connectivity index (χ2n) is 7.84. The van der Waals surface area contributed by atoms with Crippen molar-refractivity contribution in [2.75, 3.05) is 19.6 Å². The van der Waals surface area contributed by atoms with E-state index in [1.54, 1.807) is 0 Å². The summed E-state index contributed by atoms with van der Waals surface area (Å²) in [6.45, 7) is 11.2. The van der Waals surface area contributed by atoms with Crippen LogP contribution in [0.2, 0.25) is 0 Å². The second-order valence-corrected chi connectivity index (χ2v) is 7.84. The van der Waals surface area contributed by atoms with Crippen LogP contribution >= 0.6 is 0 Å². The lowest BCUT2D eigenvalue weighted by molar-refractivity contribution is 0.00679. The van der Waals surface area contributed by atoms with Crippen LogP contribution in [-0.2, 0) is 0 Å². The zero-order chi connectivity index (χ0) is 12.8. The topological polar surface area (TPSA) is 15.3 Å². The van der Waals surface area contributed by atoms with Crippen LogP contribution in [0, 0.1) is 11.3 Å². The lowest BCUT2D eigenvalue weighted by atomic mass is 9.72. The minimum Gasteiger partial charge on any atom is -0.309 e. The number of hydrogen-bond donors (Lipinski definition) is 1. The molecule has 0 aromatic carbocycles. The largest absolute Gasteiger partial charge is 0.309 e. The van der Waals surface area contributed by atoms with Gasteiger partial charge in [-0.25, -0.2) is 0 Å². The van der Waals surface area contributed by atoms with E-state index < -0.39 is 0 Å². The fraction of sp³-hybridized carbons (Fsp3) is 1.00. The molecule has 0 aromatic heterocycles. The Morgan fingerprint density at radius 1 is 1.06 bits per heavy atom. The van der Waals surface area contributed by atoms with Crippen LogP contribution in [-0.4, -0.2) is 36.1 Å². The summed E-state index contributed by atoms with van der Waals surface area (Å²) in [6, 6.07) is 0.825. The normalized spacial score (nSPS) is 41.8. The molecule has 0 radical (unpaired) electrons. The predicted molar refractivity (Wildman–Crippen MR) is 76.7 cm³/mol. The molecule has 1 heterocycles. The molecule has 1 aliphatic heterocycles. The molecular formula is C16H30N2. The molecule has 3 fully saturated rings. The minimum atomic E-state index is 0.409. The lowest BCUT2D eigenvalue weighted by Crippen LogP contribution is -2.64. The minimum absolute atomic E-state index is 0.409. The Hall–Kier alpha value is -0.0800. The zero-order valence-corrected chi connectivity index (χ0v) is 12.5. The summed E-state index contributed by atoms with van der Waals surface area (Å²) < 4.78 is 0. The number of nitrogens with one attached hydrogen (secondary N) is 1. The van der Waals surface area contributed by atoms with Crippen LogP contribution in [0.15, 0.2) is 0 Å². The van der Waals surface area contributed by atoms with Crippen molar-refractivity contribution in [3.63, 3.8) is 0 Å². The smallest absolute Gasteiger partial charge is 0.0309 e. The van der Waals surface area contributed by atoms with Crippen LogP contribution in [0.4, 0.5) is 0 Å². The Morgan fingerprint density at radius 2 is 1.83 bits per heavy atom. The number of rotatable bonds is 2. The average molecular weight is 250 g/mol. The molecule has 2 heteroatoms. The van der Waals surface area contributed by atoms with E-state index in [1.165, 1.54) is 58.2 Å². The summed E-state index contributed by atoms with van der Waals surface area (Å²) in [5, 5.41) is 3.81. The maximum atomic E-state index is 3.81. The average Bonchev–Trinajstić information content (AvgIpc) is 3.12. The van der Waals surface area contributed by atoms with Crippen LogP contribution < -0.4 is 5.32 Å². The van der Waals surface area contributed by atoms with Gasteiger partial charge in [0.05, 0.1) is 0 Å². The molecule has 2 unspecified atom stereocenters. The van der Waals surface area contributed by atoms with Crippen LogP contribution in [0.1, 0.15) is 59.3 Å². The molecule has 1 N–H and O–H groups in total. The summed E-state index contributed by atoms with van der Waals surface area (Å²) in [7, 11) is 0. The lowest BCUT2D eigenvalue weighted by Gasteiger charge is -2.51. The molecule has 2 atom stereocenters. The first kappa shape index (κ1) is 12.9. The predicted octanol–water partition coefficient (Wildman–Crippen LogP) is 3.03. The van der Waals surface area contributed by atoms with E-state index in [-0.39, 0.29) is 0 Å². The first-order valence-corrected chi connectivity index (χ1v) is 8.00. The van der Waals surface area contributed by atoms with Gasteiger partial charge in [0.2, 0.25) is 0 Å². The van der Waals surface area contributed by atoms with Crippen molar-refractivity contribution in [3.05, 3.63) is 0 Å². The molecule has 0 spiro atoms. The second kappa shape index (κ2) is 4.49. The molecule has 0 bridgehead atoms. The van der Waals surface area contributed by atoms with E-state index in [0.29, 0.717) is 11.0 Å². The van der Waals surface area contributed by atoms with E-state index in [0.717, 1.165) is 12.0 Å². The van der Waals surface area contributed by atoms with Gasteiger partial charge in [-0.05, 0) is 43.9 Å². The fourth-order valence-corrected chi connectivity index (χ4v) is 4.45. The molecule has 3 rings (SSSR count). The maximum absolute atomic E-state index is 3.81. The van der Waals surface area contributed by atoms with Crippen molar-refractivity contribution >= 4 is 0 Å². The number of nitrogens with zero attached hydrogens (tertiary/aromatic N) is 1. The molecule has 2 saturated carbocycles. The molecule has 0 aromatic rings. The highest BCUT2D eigenvalue weighted by Crippen LogP contribution is 2.44. The Morgan fingerprint density at radius 3 is 2.50 bits per heavy atom. The summed E-state index contributed by atoms with van der Waals surface area (Å²) >= 11 is 0. The molecule has 2 aliphatic carbocycles. The van der Waals surface area contributed by atoms with Crippen molar-refractivity contribution in [3.8, 4) is 0 Å². The molecule has 2 nitrogen and oxygen atoms in total. The SMILES string of the molecule is CC1(C)CCCCC1N1CCNC(C)(C2CC2)C1. The summed E-state index contributed by atoms with van der Waals surface area (Å²) in [5.41, 5.74) is 0.936. The molecule has 1 saturated heterocycles. The third-order valence-electron chi connectivity index (χ3n) is 5.83. The van der Waals surface area contributed by atoms with Gasteiger partial charge in [0.1, 0.15) is 0 Å². The zero-order valence-electron chi connectivity index (χ0n) is 12.5. The highest BCUT2D eigenvalue weighted by molar-refractivity contribution is 5.04. The van der Waals surface area contributed by atoms with Crippen molar-refractivity contribution < 1.29 is 0 Å². The van der Waals surface area contributed by atoms with Crippen LogP contribution in [0.25, 0.3) is 0 Å². The molecule has 3 aliphatic rings. The Bertz CT molecular complexity index is 308. The molecule has 104 valence electrons. The van der Waals surface area contributed by atoms with Gasteiger partial charge in [-0.2, -0.15) is 0 Å². The van der Waals surface area contributed by atoms with Crippen LogP contribution in [0.3, 0.4) is 0 Å². The van der Waals surface area contributed by atoms with Gasteiger partial charge in [-0.1, -0.05) is 26.7 Å². The summed E-state index contributed by atoms with van der Waals surface area (Å²) in [6.07, 6.45) is 8.62. The van der Waals surface area contributed by atoms with Gasteiger partial charge in [-0.3, -0.25) is 4.90 Å². The van der Waals surface area contributed by atoms with Gasteiger partial charge in [0, 0.05) is 31.2 Å². The van der Waals surface area contributed by atoms with Crippen molar-refractivity contribution in [1.29, 1.82) is 0 Å². The first-order chi connectivity index (χ1) is 8.51. The van der Waals surface area contributed by atoms with Crippen molar-refractivity contribution in [2.45, 2.75) is 70.9 Å². The van der Waals surface area contributed by atoms with Crippen molar-refractivity contribution in [2.24, 2.45) is 11.3 Å². The molecule has 18 heavy (non-hydrogen) atoms. The first-order valence-electron chi connectivity index (χ1n) is 8.00. The van der Waals surface area contributed by atoms with Crippen molar-refractivity contribution in [1.82, 2.24) is 10.2 Å². The van der Waals surface area contributed by atoms with Gasteiger partial charge in [0.15, 0.2) is 0 Å². The Kier molecular flexibility index (Phi) is 3.22. The highest BCUT2D eigenvalue weighted by Gasteiger charge is 2.46. The third kappa shape index (κ3) is 2.34. The monoisotopic (exact) mass is 250 g/mol. The third-order valence-corrected chi connectivity index (χ3v) is 5.83. The van der Waals surface area contributed by atoms with E-state index >= 15 is 0 Å². The Balaban J connectivity index is 1.71. The maximum Gasteiger partial charge on any atom is 0.0309 e. The van der Waals surface area contributed by atoms with E-state index in [9.17, 15) is 0 Å². The van der Waals surface area contributed by atoms with E-state index in [2.05, 4.69) is 31.0 Å². The van der Waals surface area contributed by atoms with Gasteiger partial charge < -0.3 is 5.32 Å². The molecule has 0 amide bonds. The van der Waals surface area contributed by atoms with Gasteiger partial charge >= 0.3 is 0 Å². The van der Waals surface area contributed by atoms with Gasteiger partial charge in [-0.15, -0.1) is 0 Å². The van der Waals surface area contributed by atoms with Gasteiger partial charge in [0.25, 0.3) is 0 Å². The number of piperazine rings is 1. The highest BCUT2D eigenvalue weighted by atomic mass is 15.3. The summed E-state index contributed by atoms with van der Waals surface area (Å²) in [4.78, 5) is 2.83. The fourth-order valence-electron chi connectivity index (χ4n) is 4.45. The standard InChI is InChI=1S/C16H30N2/c1-15(2)9-5-4-6-14(15)18-11-10-17-16(3,12-18)13-7-8-13/h13-14,17H,4-12H2,1-3H3. The summed E-state index contributed by atoms with van der Waals surface area (Å²) in [5.74, 6) is 0.951. The Labute approximate surface area is 113 Å². The van der Waals surface area contributed by atoms with E-state index in [4.69, 9.17) is 0 Å².